The van der Waals surface area contributed by atoms with Crippen LogP contribution < -0.4 is 0 Å². The van der Waals surface area contributed by atoms with Crippen LogP contribution in [-0.4, -0.2) is 5.78 Å². The Morgan fingerprint density at radius 2 is 2.36 bits per heavy atom. The van der Waals surface area contributed by atoms with Crippen LogP contribution in [0.5, 0.6) is 0 Å². The van der Waals surface area contributed by atoms with Crippen LogP contribution in [-0.2, 0) is 4.79 Å². The van der Waals surface area contributed by atoms with E-state index >= 15 is 0 Å². The molecule has 0 aliphatic heterocycles. The molecular formula is C9H13NO. The van der Waals surface area contributed by atoms with E-state index < -0.39 is 0 Å². The van der Waals surface area contributed by atoms with E-state index in [0.29, 0.717) is 18.1 Å². The second-order valence-electron chi connectivity index (χ2n) is 3.33. The highest BCUT2D eigenvalue weighted by Crippen LogP contribution is 2.28. The molecule has 1 atom stereocenters. The van der Waals surface area contributed by atoms with Crippen molar-refractivity contribution in [3.63, 3.8) is 0 Å². The second-order valence-corrected chi connectivity index (χ2v) is 3.33. The molecule has 1 fully saturated rings. The Hall–Kier alpha value is -0.840. The lowest BCUT2D eigenvalue weighted by Gasteiger charge is -2.23. The van der Waals surface area contributed by atoms with Gasteiger partial charge in [0.25, 0.3) is 0 Å². The van der Waals surface area contributed by atoms with Gasteiger partial charge in [-0.1, -0.05) is 6.42 Å². The zero-order valence-electron chi connectivity index (χ0n) is 6.84. The Morgan fingerprint density at radius 1 is 1.73 bits per heavy atom. The van der Waals surface area contributed by atoms with Crippen LogP contribution in [0, 0.1) is 23.2 Å². The molecule has 0 aromatic heterocycles. The number of Topliss-reactive ketones (excluding diaryl/α,β-unsaturated/α-hetero) is 1. The molecule has 1 saturated carbocycles. The maximum atomic E-state index is 11.2. The number of hydrogen-bond acceptors (Lipinski definition) is 2. The van der Waals surface area contributed by atoms with Gasteiger partial charge in [-0.15, -0.1) is 0 Å². The molecule has 0 amide bonds. The van der Waals surface area contributed by atoms with E-state index in [0.717, 1.165) is 12.8 Å². The van der Waals surface area contributed by atoms with E-state index in [9.17, 15) is 4.79 Å². The van der Waals surface area contributed by atoms with Gasteiger partial charge < -0.3 is 0 Å². The van der Waals surface area contributed by atoms with Crippen molar-refractivity contribution in [2.24, 2.45) is 11.8 Å². The van der Waals surface area contributed by atoms with E-state index in [1.165, 1.54) is 6.42 Å². The topological polar surface area (TPSA) is 40.9 Å². The summed E-state index contributed by atoms with van der Waals surface area (Å²) in [7, 11) is 0. The van der Waals surface area contributed by atoms with Gasteiger partial charge >= 0.3 is 0 Å². The molecule has 0 aromatic rings. The molecule has 11 heavy (non-hydrogen) atoms. The standard InChI is InChI=1S/C9H13NO/c1-7(6-10)5-9(11)8-3-2-4-8/h7-8H,2-5H2,1H3. The lowest BCUT2D eigenvalue weighted by molar-refractivity contribution is -0.125. The van der Waals surface area contributed by atoms with Crippen molar-refractivity contribution in [2.45, 2.75) is 32.6 Å². The van der Waals surface area contributed by atoms with Crippen molar-refractivity contribution < 1.29 is 4.79 Å². The van der Waals surface area contributed by atoms with Gasteiger partial charge in [0.05, 0.1) is 12.0 Å². The molecule has 0 N–H and O–H groups in total. The monoisotopic (exact) mass is 151 g/mol. The Morgan fingerprint density at radius 3 is 2.73 bits per heavy atom. The first-order chi connectivity index (χ1) is 5.24. The summed E-state index contributed by atoms with van der Waals surface area (Å²) < 4.78 is 0. The number of nitrogens with zero attached hydrogens (tertiary/aromatic N) is 1. The van der Waals surface area contributed by atoms with E-state index in [1.54, 1.807) is 6.92 Å². The number of ketones is 1. The summed E-state index contributed by atoms with van der Waals surface area (Å²) in [5.74, 6) is 0.499. The molecule has 2 nitrogen and oxygen atoms in total. The minimum atomic E-state index is -0.0944. The quantitative estimate of drug-likeness (QED) is 0.618. The zero-order valence-corrected chi connectivity index (χ0v) is 6.84. The molecule has 1 rings (SSSR count). The second kappa shape index (κ2) is 3.52. The highest BCUT2D eigenvalue weighted by molar-refractivity contribution is 5.82. The largest absolute Gasteiger partial charge is 0.299 e. The van der Waals surface area contributed by atoms with Crippen LogP contribution in [0.2, 0.25) is 0 Å². The lowest BCUT2D eigenvalue weighted by atomic mass is 9.80. The van der Waals surface area contributed by atoms with Crippen LogP contribution in [0.25, 0.3) is 0 Å². The third kappa shape index (κ3) is 2.04. The van der Waals surface area contributed by atoms with E-state index in [1.807, 2.05) is 0 Å². The molecule has 60 valence electrons. The average Bonchev–Trinajstić information content (AvgIpc) is 1.83. The summed E-state index contributed by atoms with van der Waals surface area (Å²) >= 11 is 0. The summed E-state index contributed by atoms with van der Waals surface area (Å²) in [5.41, 5.74) is 0. The maximum Gasteiger partial charge on any atom is 0.137 e. The van der Waals surface area contributed by atoms with Gasteiger partial charge in [0.1, 0.15) is 5.78 Å². The summed E-state index contributed by atoms with van der Waals surface area (Å²) in [6.45, 7) is 1.80. The zero-order chi connectivity index (χ0) is 8.27. The van der Waals surface area contributed by atoms with Crippen molar-refractivity contribution in [1.29, 1.82) is 5.26 Å². The average molecular weight is 151 g/mol. The fourth-order valence-electron chi connectivity index (χ4n) is 1.24. The summed E-state index contributed by atoms with van der Waals surface area (Å²) in [6.07, 6.45) is 3.76. The van der Waals surface area contributed by atoms with Gasteiger partial charge in [0, 0.05) is 12.3 Å². The molecule has 0 bridgehead atoms. The van der Waals surface area contributed by atoms with E-state index in [4.69, 9.17) is 5.26 Å². The first-order valence-corrected chi connectivity index (χ1v) is 4.16. The van der Waals surface area contributed by atoms with Crippen molar-refractivity contribution >= 4 is 5.78 Å². The number of rotatable bonds is 3. The number of carbonyl (C=O) groups excluding carboxylic acids is 1. The first-order valence-electron chi connectivity index (χ1n) is 4.16. The highest BCUT2D eigenvalue weighted by atomic mass is 16.1. The molecule has 1 unspecified atom stereocenters. The van der Waals surface area contributed by atoms with Gasteiger partial charge in [-0.05, 0) is 19.8 Å². The summed E-state index contributed by atoms with van der Waals surface area (Å²) in [6, 6.07) is 2.08. The SMILES string of the molecule is CC(C#N)CC(=O)C1CCC1. The predicted molar refractivity (Wildman–Crippen MR) is 41.7 cm³/mol. The van der Waals surface area contributed by atoms with Crippen LogP contribution in [0.1, 0.15) is 32.6 Å². The minimum absolute atomic E-state index is 0.0944. The van der Waals surface area contributed by atoms with Crippen molar-refractivity contribution in [3.8, 4) is 6.07 Å². The van der Waals surface area contributed by atoms with Gasteiger partial charge in [-0.25, -0.2) is 0 Å². The Kier molecular flexibility index (Phi) is 2.64. The van der Waals surface area contributed by atoms with Crippen LogP contribution in [0.4, 0.5) is 0 Å². The van der Waals surface area contributed by atoms with Gasteiger partial charge in [-0.3, -0.25) is 4.79 Å². The van der Waals surface area contributed by atoms with Crippen LogP contribution >= 0.6 is 0 Å². The number of carbonyl (C=O) groups is 1. The van der Waals surface area contributed by atoms with Crippen LogP contribution in [0.15, 0.2) is 0 Å². The molecule has 2 heteroatoms. The summed E-state index contributed by atoms with van der Waals surface area (Å²) in [5, 5.41) is 8.45. The van der Waals surface area contributed by atoms with E-state index in [-0.39, 0.29) is 5.92 Å². The molecule has 0 heterocycles. The fourth-order valence-corrected chi connectivity index (χ4v) is 1.24. The van der Waals surface area contributed by atoms with Crippen molar-refractivity contribution in [2.75, 3.05) is 0 Å². The normalized spacial score (nSPS) is 20.0. The number of nitriles is 1. The predicted octanol–water partition coefficient (Wildman–Crippen LogP) is 1.91. The molecule has 0 radical (unpaired) electrons. The smallest absolute Gasteiger partial charge is 0.137 e. The van der Waals surface area contributed by atoms with Crippen molar-refractivity contribution in [1.82, 2.24) is 0 Å². The third-order valence-electron chi connectivity index (χ3n) is 2.29. The Labute approximate surface area is 67.2 Å². The Balaban J connectivity index is 2.26. The molecule has 1 aliphatic rings. The molecular weight excluding hydrogens is 138 g/mol. The van der Waals surface area contributed by atoms with Gasteiger partial charge in [0.15, 0.2) is 0 Å². The third-order valence-corrected chi connectivity index (χ3v) is 2.29. The van der Waals surface area contributed by atoms with Gasteiger partial charge in [0.2, 0.25) is 0 Å². The molecule has 0 aromatic carbocycles. The molecule has 0 saturated heterocycles. The molecule has 0 spiro atoms. The first kappa shape index (κ1) is 8.26. The highest BCUT2D eigenvalue weighted by Gasteiger charge is 2.25. The van der Waals surface area contributed by atoms with Crippen molar-refractivity contribution in [3.05, 3.63) is 0 Å². The summed E-state index contributed by atoms with van der Waals surface area (Å²) in [4.78, 5) is 11.2. The number of hydrogen-bond donors (Lipinski definition) is 0. The molecule has 1 aliphatic carbocycles. The van der Waals surface area contributed by atoms with E-state index in [2.05, 4.69) is 6.07 Å². The van der Waals surface area contributed by atoms with Crippen LogP contribution in [0.3, 0.4) is 0 Å². The maximum absolute atomic E-state index is 11.2. The lowest BCUT2D eigenvalue weighted by Crippen LogP contribution is -2.23. The fraction of sp³-hybridized carbons (Fsp3) is 0.778. The van der Waals surface area contributed by atoms with Gasteiger partial charge in [-0.2, -0.15) is 5.26 Å². The minimum Gasteiger partial charge on any atom is -0.299 e. The Bertz CT molecular complexity index is 188.